The summed E-state index contributed by atoms with van der Waals surface area (Å²) in [4.78, 5) is 3.13. The van der Waals surface area contributed by atoms with E-state index in [1.54, 1.807) is 25.1 Å². The molecule has 0 unspecified atom stereocenters. The molecule has 11 heteroatoms. The molecule has 0 spiro atoms. The van der Waals surface area contributed by atoms with Gasteiger partial charge in [0.15, 0.2) is 0 Å². The van der Waals surface area contributed by atoms with Crippen LogP contribution in [0.1, 0.15) is 16.8 Å². The molecule has 30 heavy (non-hydrogen) atoms. The number of sulfonamides is 1. The van der Waals surface area contributed by atoms with E-state index in [0.717, 1.165) is 4.31 Å². The van der Waals surface area contributed by atoms with Crippen LogP contribution in [0.3, 0.4) is 0 Å². The van der Waals surface area contributed by atoms with E-state index in [1.807, 2.05) is 0 Å². The van der Waals surface area contributed by atoms with Crippen molar-refractivity contribution in [2.24, 2.45) is 0 Å². The quantitative estimate of drug-likeness (QED) is 0.457. The van der Waals surface area contributed by atoms with E-state index in [4.69, 9.17) is 16.3 Å². The maximum Gasteiger partial charge on any atom is 0.269 e. The van der Waals surface area contributed by atoms with Crippen molar-refractivity contribution in [1.82, 2.24) is 4.98 Å². The second-order valence-corrected chi connectivity index (χ2v) is 9.52. The van der Waals surface area contributed by atoms with Gasteiger partial charge in [-0.25, -0.2) is 26.5 Å². The molecule has 2 aromatic carbocycles. The number of aromatic nitrogens is 1. The molecule has 3 rings (SSSR count). The summed E-state index contributed by atoms with van der Waals surface area (Å²) < 4.78 is 74.4. The lowest BCUT2D eigenvalue weighted by Crippen LogP contribution is -2.31. The van der Waals surface area contributed by atoms with Crippen molar-refractivity contribution in [1.29, 1.82) is 0 Å². The molecule has 160 valence electrons. The highest BCUT2D eigenvalue weighted by atomic mass is 35.5. The summed E-state index contributed by atoms with van der Waals surface area (Å²) in [5.41, 5.74) is 1.25. The molecule has 0 amide bonds. The Labute approximate surface area is 180 Å². The molecule has 0 bridgehead atoms. The van der Waals surface area contributed by atoms with Gasteiger partial charge in [-0.05, 0) is 43.2 Å². The SMILES string of the molecule is COc1ccc(CN(c2nc(C)c(F)s2)S(=O)(=O)c2cc(Cl)c(F)cc2F)c(C)c1. The van der Waals surface area contributed by atoms with E-state index in [1.165, 1.54) is 14.0 Å². The number of hydrogen-bond donors (Lipinski definition) is 0. The van der Waals surface area contributed by atoms with Crippen LogP contribution < -0.4 is 9.04 Å². The Kier molecular flexibility index (Phi) is 6.30. The number of nitrogens with zero attached hydrogens (tertiary/aromatic N) is 2. The van der Waals surface area contributed by atoms with Crippen LogP contribution in [0, 0.1) is 30.6 Å². The van der Waals surface area contributed by atoms with E-state index >= 15 is 0 Å². The van der Waals surface area contributed by atoms with E-state index in [0.29, 0.717) is 40.3 Å². The van der Waals surface area contributed by atoms with Crippen molar-refractivity contribution in [2.75, 3.05) is 11.4 Å². The number of rotatable bonds is 6. The lowest BCUT2D eigenvalue weighted by Gasteiger charge is -2.23. The minimum absolute atomic E-state index is 0.000682. The molecule has 0 saturated carbocycles. The van der Waals surface area contributed by atoms with Crippen LogP contribution in [0.15, 0.2) is 35.2 Å². The van der Waals surface area contributed by atoms with Crippen molar-refractivity contribution >= 4 is 38.1 Å². The molecule has 0 fully saturated rings. The number of aryl methyl sites for hydroxylation is 2. The molecular weight excluding hydrogens is 461 g/mol. The van der Waals surface area contributed by atoms with Gasteiger partial charge >= 0.3 is 0 Å². The largest absolute Gasteiger partial charge is 0.497 e. The van der Waals surface area contributed by atoms with Gasteiger partial charge in [-0.3, -0.25) is 0 Å². The molecule has 1 heterocycles. The number of anilines is 1. The zero-order chi connectivity index (χ0) is 22.2. The summed E-state index contributed by atoms with van der Waals surface area (Å²) in [5.74, 6) is -1.85. The third kappa shape index (κ3) is 4.26. The number of ether oxygens (including phenoxy) is 1. The molecule has 0 aliphatic carbocycles. The second-order valence-electron chi connectivity index (χ2n) is 6.36. The first kappa shape index (κ1) is 22.4. The van der Waals surface area contributed by atoms with Gasteiger partial charge in [-0.2, -0.15) is 4.39 Å². The first-order valence-corrected chi connectivity index (χ1v) is 11.1. The van der Waals surface area contributed by atoms with Crippen LogP contribution in [0.5, 0.6) is 5.75 Å². The minimum atomic E-state index is -4.60. The summed E-state index contributed by atoms with van der Waals surface area (Å²) in [7, 11) is -3.11. The van der Waals surface area contributed by atoms with Crippen LogP contribution in [-0.2, 0) is 16.6 Å². The number of hydrogen-bond acceptors (Lipinski definition) is 5. The summed E-state index contributed by atoms with van der Waals surface area (Å²) in [6.45, 7) is 2.86. The lowest BCUT2D eigenvalue weighted by molar-refractivity contribution is 0.414. The molecule has 0 radical (unpaired) electrons. The summed E-state index contributed by atoms with van der Waals surface area (Å²) in [6.07, 6.45) is 0. The number of benzene rings is 2. The van der Waals surface area contributed by atoms with E-state index in [-0.39, 0.29) is 17.4 Å². The van der Waals surface area contributed by atoms with Gasteiger partial charge in [0, 0.05) is 6.07 Å². The van der Waals surface area contributed by atoms with Crippen LogP contribution in [0.25, 0.3) is 0 Å². The van der Waals surface area contributed by atoms with Crippen LogP contribution in [0.4, 0.5) is 18.3 Å². The predicted molar refractivity (Wildman–Crippen MR) is 109 cm³/mol. The molecule has 1 aromatic heterocycles. The average molecular weight is 477 g/mol. The minimum Gasteiger partial charge on any atom is -0.497 e. The third-order valence-corrected chi connectivity index (χ3v) is 7.47. The van der Waals surface area contributed by atoms with Crippen molar-refractivity contribution in [3.63, 3.8) is 0 Å². The Bertz CT molecular complexity index is 1200. The van der Waals surface area contributed by atoms with Gasteiger partial charge in [-0.1, -0.05) is 29.0 Å². The molecule has 0 saturated heterocycles. The van der Waals surface area contributed by atoms with E-state index < -0.39 is 36.7 Å². The van der Waals surface area contributed by atoms with E-state index in [9.17, 15) is 21.6 Å². The Hall–Kier alpha value is -2.30. The maximum absolute atomic E-state index is 14.4. The fraction of sp³-hybridized carbons (Fsp3) is 0.211. The zero-order valence-electron chi connectivity index (χ0n) is 16.0. The smallest absolute Gasteiger partial charge is 0.269 e. The normalized spacial score (nSPS) is 11.6. The molecule has 0 aliphatic heterocycles. The average Bonchev–Trinajstić information content (AvgIpc) is 3.01. The molecule has 0 atom stereocenters. The standard InChI is InChI=1S/C19H16ClF3N2O3S2/c1-10-6-13(28-3)5-4-12(10)9-25(19-24-11(2)18(23)29-19)30(26,27)17-7-14(20)15(21)8-16(17)22/h4-8H,9H2,1-3H3. The third-order valence-electron chi connectivity index (χ3n) is 4.35. The summed E-state index contributed by atoms with van der Waals surface area (Å²) in [6, 6.07) is 6.05. The first-order valence-electron chi connectivity index (χ1n) is 8.48. The molecular formula is C19H16ClF3N2O3S2. The summed E-state index contributed by atoms with van der Waals surface area (Å²) in [5, 5.41) is -1.42. The molecule has 0 N–H and O–H groups in total. The highest BCUT2D eigenvalue weighted by Gasteiger charge is 2.32. The van der Waals surface area contributed by atoms with Gasteiger partial charge in [0.05, 0.1) is 24.4 Å². The maximum atomic E-state index is 14.4. The topological polar surface area (TPSA) is 59.5 Å². The highest BCUT2D eigenvalue weighted by molar-refractivity contribution is 7.93. The summed E-state index contributed by atoms with van der Waals surface area (Å²) >= 11 is 6.18. The fourth-order valence-corrected chi connectivity index (χ4v) is 5.38. The monoisotopic (exact) mass is 476 g/mol. The lowest BCUT2D eigenvalue weighted by atomic mass is 10.1. The van der Waals surface area contributed by atoms with Gasteiger partial charge in [0.25, 0.3) is 10.0 Å². The van der Waals surface area contributed by atoms with Crippen molar-refractivity contribution in [3.8, 4) is 5.75 Å². The zero-order valence-corrected chi connectivity index (χ0v) is 18.4. The number of thiazole rings is 1. The molecule has 5 nitrogen and oxygen atoms in total. The second kappa shape index (κ2) is 8.44. The van der Waals surface area contributed by atoms with Gasteiger partial charge in [-0.15, -0.1) is 0 Å². The fourth-order valence-electron chi connectivity index (χ4n) is 2.67. The predicted octanol–water partition coefficient (Wildman–Crippen LogP) is 5.23. The Morgan fingerprint density at radius 2 is 1.83 bits per heavy atom. The number of methoxy groups -OCH3 is 1. The van der Waals surface area contributed by atoms with Crippen LogP contribution >= 0.6 is 22.9 Å². The highest BCUT2D eigenvalue weighted by Crippen LogP contribution is 2.34. The Balaban J connectivity index is 2.16. The Morgan fingerprint density at radius 3 is 2.40 bits per heavy atom. The first-order chi connectivity index (χ1) is 14.0. The molecule has 0 aliphatic rings. The van der Waals surface area contributed by atoms with Crippen molar-refractivity contribution < 1.29 is 26.3 Å². The van der Waals surface area contributed by atoms with Gasteiger partial charge in [0.2, 0.25) is 10.3 Å². The van der Waals surface area contributed by atoms with Crippen LogP contribution in [0.2, 0.25) is 5.02 Å². The van der Waals surface area contributed by atoms with Gasteiger partial charge in [0.1, 0.15) is 22.3 Å². The van der Waals surface area contributed by atoms with Crippen LogP contribution in [-0.4, -0.2) is 20.5 Å². The molecule has 3 aromatic rings. The van der Waals surface area contributed by atoms with E-state index in [2.05, 4.69) is 4.98 Å². The van der Waals surface area contributed by atoms with Gasteiger partial charge < -0.3 is 4.74 Å². The van der Waals surface area contributed by atoms with Crippen molar-refractivity contribution in [2.45, 2.75) is 25.3 Å². The van der Waals surface area contributed by atoms with Crippen molar-refractivity contribution in [3.05, 3.63) is 68.9 Å². The number of halogens is 4. The Morgan fingerprint density at radius 1 is 1.13 bits per heavy atom.